The molecule has 56 heavy (non-hydrogen) atoms. The summed E-state index contributed by atoms with van der Waals surface area (Å²) in [6, 6.07) is 23.8. The molecule has 3 amide bonds. The van der Waals surface area contributed by atoms with Crippen molar-refractivity contribution in [3.05, 3.63) is 95.1 Å². The maximum absolute atomic E-state index is 13.9. The van der Waals surface area contributed by atoms with Gasteiger partial charge in [-0.25, -0.2) is 4.79 Å². The Morgan fingerprint density at radius 2 is 1.59 bits per heavy atom. The Labute approximate surface area is 331 Å². The number of hydrogen-bond donors (Lipinski definition) is 4. The van der Waals surface area contributed by atoms with Crippen LogP contribution in [0.15, 0.2) is 72.8 Å². The zero-order valence-corrected chi connectivity index (χ0v) is 33.6. The van der Waals surface area contributed by atoms with Gasteiger partial charge in [0.05, 0.1) is 31.5 Å². The average molecular weight is 769 g/mol. The van der Waals surface area contributed by atoms with E-state index in [1.54, 1.807) is 6.92 Å². The highest BCUT2D eigenvalue weighted by Gasteiger charge is 2.46. The number of aliphatic hydroxyl groups excluding tert-OH is 1. The molecule has 11 heteroatoms. The summed E-state index contributed by atoms with van der Waals surface area (Å²) in [5.41, 5.74) is 5.36. The number of urea groups is 1. The van der Waals surface area contributed by atoms with E-state index in [-0.39, 0.29) is 55.4 Å². The predicted octanol–water partition coefficient (Wildman–Crippen LogP) is 6.94. The molecule has 0 spiro atoms. The van der Waals surface area contributed by atoms with Crippen molar-refractivity contribution in [3.8, 4) is 11.1 Å². The zero-order chi connectivity index (χ0) is 39.8. The van der Waals surface area contributed by atoms with E-state index in [0.717, 1.165) is 52.6 Å². The molecule has 0 aromatic heterocycles. The van der Waals surface area contributed by atoms with Crippen LogP contribution >= 0.6 is 0 Å². The minimum atomic E-state index is -0.634. The summed E-state index contributed by atoms with van der Waals surface area (Å²) in [6.45, 7) is 11.0. The van der Waals surface area contributed by atoms with E-state index < -0.39 is 18.3 Å². The van der Waals surface area contributed by atoms with Gasteiger partial charge in [0.25, 0.3) is 0 Å². The Balaban J connectivity index is 1.21. The highest BCUT2D eigenvalue weighted by atomic mass is 16.7. The smallest absolute Gasteiger partial charge is 0.325 e. The maximum atomic E-state index is 13.9. The first-order valence-electron chi connectivity index (χ1n) is 20.4. The van der Waals surface area contributed by atoms with Crippen LogP contribution in [0, 0.1) is 11.8 Å². The molecule has 302 valence electrons. The van der Waals surface area contributed by atoms with Crippen molar-refractivity contribution in [2.45, 2.75) is 122 Å². The van der Waals surface area contributed by atoms with Crippen LogP contribution in [0.3, 0.4) is 0 Å². The van der Waals surface area contributed by atoms with Crippen molar-refractivity contribution in [3.63, 3.8) is 0 Å². The highest BCUT2D eigenvalue weighted by molar-refractivity contribution is 5.82. The van der Waals surface area contributed by atoms with Crippen LogP contribution in [-0.4, -0.2) is 71.3 Å². The van der Waals surface area contributed by atoms with Gasteiger partial charge in [0.15, 0.2) is 6.29 Å². The van der Waals surface area contributed by atoms with Gasteiger partial charge in [-0.3, -0.25) is 14.5 Å². The van der Waals surface area contributed by atoms with Crippen LogP contribution in [0.1, 0.15) is 108 Å². The molecule has 7 unspecified atom stereocenters. The molecule has 7 atom stereocenters. The number of carbonyl (C=O) groups excluding carboxylic acids is 3. The third kappa shape index (κ3) is 10.6. The van der Waals surface area contributed by atoms with Crippen molar-refractivity contribution in [1.29, 1.82) is 0 Å². The van der Waals surface area contributed by atoms with Crippen LogP contribution < -0.4 is 16.0 Å². The fourth-order valence-electron chi connectivity index (χ4n) is 8.57. The molecule has 0 radical (unpaired) electrons. The van der Waals surface area contributed by atoms with Crippen LogP contribution in [-0.2, 0) is 37.0 Å². The minimum Gasteiger partial charge on any atom is -0.465 e. The maximum Gasteiger partial charge on any atom is 0.325 e. The molecule has 11 nitrogen and oxygen atoms in total. The molecule has 4 N–H and O–H groups in total. The minimum absolute atomic E-state index is 0.00983. The molecule has 1 aliphatic carbocycles. The fourth-order valence-corrected chi connectivity index (χ4v) is 8.57. The van der Waals surface area contributed by atoms with Crippen molar-refractivity contribution >= 4 is 17.9 Å². The lowest BCUT2D eigenvalue weighted by molar-refractivity contribution is -0.278. The molecular weight excluding hydrogens is 709 g/mol. The molecule has 1 saturated carbocycles. The Morgan fingerprint density at radius 3 is 2.30 bits per heavy atom. The summed E-state index contributed by atoms with van der Waals surface area (Å²) in [7, 11) is 0. The number of fused-ring (bicyclic) bond motifs is 1. The summed E-state index contributed by atoms with van der Waals surface area (Å²) in [6.07, 6.45) is 5.54. The molecule has 3 fully saturated rings. The number of nitrogens with zero attached hydrogens (tertiary/aromatic N) is 1. The number of aliphatic hydroxyl groups is 1. The van der Waals surface area contributed by atoms with Crippen molar-refractivity contribution in [2.75, 3.05) is 19.7 Å². The number of piperidine rings is 1. The first-order chi connectivity index (χ1) is 26.9. The lowest BCUT2D eigenvalue weighted by Crippen LogP contribution is -2.61. The Morgan fingerprint density at radius 1 is 0.857 bits per heavy atom. The van der Waals surface area contributed by atoms with Gasteiger partial charge >= 0.3 is 12.0 Å². The second-order valence-corrected chi connectivity index (χ2v) is 16.6. The van der Waals surface area contributed by atoms with Gasteiger partial charge < -0.3 is 35.3 Å². The van der Waals surface area contributed by atoms with Crippen LogP contribution in [0.2, 0.25) is 0 Å². The molecule has 3 aromatic rings. The van der Waals surface area contributed by atoms with E-state index in [1.807, 2.05) is 81.4 Å². The van der Waals surface area contributed by atoms with E-state index >= 15 is 0 Å². The number of amides is 3. The third-order valence-electron chi connectivity index (χ3n) is 11.4. The van der Waals surface area contributed by atoms with Crippen LogP contribution in [0.5, 0.6) is 0 Å². The van der Waals surface area contributed by atoms with Crippen molar-refractivity contribution in [2.24, 2.45) is 11.8 Å². The molecule has 2 heterocycles. The van der Waals surface area contributed by atoms with Crippen LogP contribution in [0.25, 0.3) is 11.1 Å². The van der Waals surface area contributed by atoms with Gasteiger partial charge in [-0.1, -0.05) is 86.5 Å². The predicted molar refractivity (Wildman–Crippen MR) is 215 cm³/mol. The molecule has 3 aromatic carbocycles. The lowest BCUT2D eigenvalue weighted by Gasteiger charge is -2.51. The lowest BCUT2D eigenvalue weighted by atomic mass is 9.75. The van der Waals surface area contributed by atoms with Gasteiger partial charge in [0, 0.05) is 36.2 Å². The standard InChI is InChI=1S/C45H60N4O7/c1-6-54-40(51)26-47-44(53)46-25-31-10-9-12-36(24-31)32-18-20-35(21-19-32)43-55-39(29(2)41(56-43)34-16-14-30(28-50)15-17-34)27-49-37-13-8-7-11-33(37)22-23-38(49)42(52)48-45(3,4)5/h9-10,12,14-21,24,29,33,37-39,41,43,50H,6-8,11,13,22-23,25-28H2,1-5H3,(H,48,52)(H2,46,47,53). The molecule has 2 saturated heterocycles. The number of ether oxygens (including phenoxy) is 3. The van der Waals surface area contributed by atoms with Crippen molar-refractivity contribution < 1.29 is 33.7 Å². The Hall–Kier alpha value is -4.29. The number of hydrogen-bond acceptors (Lipinski definition) is 8. The summed E-state index contributed by atoms with van der Waals surface area (Å²) in [5.74, 6) is 0.194. The number of nitrogens with one attached hydrogen (secondary N) is 3. The summed E-state index contributed by atoms with van der Waals surface area (Å²) in [5, 5.41) is 18.3. The molecule has 3 aliphatic rings. The topological polar surface area (TPSA) is 138 Å². The second kappa shape index (κ2) is 18.8. The van der Waals surface area contributed by atoms with E-state index in [1.165, 1.54) is 19.3 Å². The largest absolute Gasteiger partial charge is 0.465 e. The number of benzene rings is 3. The van der Waals surface area contributed by atoms with E-state index in [9.17, 15) is 19.5 Å². The monoisotopic (exact) mass is 768 g/mol. The quantitative estimate of drug-likeness (QED) is 0.146. The van der Waals surface area contributed by atoms with Gasteiger partial charge in [-0.15, -0.1) is 0 Å². The number of esters is 1. The normalized spacial score (nSPS) is 25.4. The summed E-state index contributed by atoms with van der Waals surface area (Å²) >= 11 is 0. The van der Waals surface area contributed by atoms with Gasteiger partial charge in [0.2, 0.25) is 5.91 Å². The third-order valence-corrected chi connectivity index (χ3v) is 11.4. The average Bonchev–Trinajstić information content (AvgIpc) is 3.19. The number of carbonyl (C=O) groups is 3. The first kappa shape index (κ1) is 41.3. The highest BCUT2D eigenvalue weighted by Crippen LogP contribution is 2.44. The molecular formula is C45H60N4O7. The number of likely N-dealkylation sites (tertiary alicyclic amines) is 1. The second-order valence-electron chi connectivity index (χ2n) is 16.6. The van der Waals surface area contributed by atoms with Gasteiger partial charge in [0.1, 0.15) is 6.54 Å². The fraction of sp³-hybridized carbons (Fsp3) is 0.533. The zero-order valence-electron chi connectivity index (χ0n) is 33.6. The van der Waals surface area contributed by atoms with Crippen LogP contribution in [0.4, 0.5) is 4.79 Å². The Kier molecular flexibility index (Phi) is 13.9. The Bertz CT molecular complexity index is 1780. The summed E-state index contributed by atoms with van der Waals surface area (Å²) < 4.78 is 18.6. The molecule has 2 aliphatic heterocycles. The van der Waals surface area contributed by atoms with E-state index in [0.29, 0.717) is 25.0 Å². The molecule has 0 bridgehead atoms. The van der Waals surface area contributed by atoms with Crippen molar-refractivity contribution in [1.82, 2.24) is 20.9 Å². The van der Waals surface area contributed by atoms with E-state index in [4.69, 9.17) is 14.2 Å². The molecule has 6 rings (SSSR count). The van der Waals surface area contributed by atoms with Gasteiger partial charge in [-0.2, -0.15) is 0 Å². The first-order valence-corrected chi connectivity index (χ1v) is 20.4. The van der Waals surface area contributed by atoms with Gasteiger partial charge in [-0.05, 0) is 93.2 Å². The number of rotatable bonds is 12. The summed E-state index contributed by atoms with van der Waals surface area (Å²) in [4.78, 5) is 40.2. The SMILES string of the molecule is CCOC(=O)CNC(=O)NCc1cccc(-c2ccc(C3OC(CN4C(C(=O)NC(C)(C)C)CCC5CCCCC54)C(C)C(c4ccc(CO)cc4)O3)cc2)c1. The van der Waals surface area contributed by atoms with E-state index in [2.05, 4.69) is 39.9 Å².